The van der Waals surface area contributed by atoms with Crippen LogP contribution in [-0.4, -0.2) is 38.2 Å². The van der Waals surface area contributed by atoms with Crippen LogP contribution in [0.3, 0.4) is 0 Å². The summed E-state index contributed by atoms with van der Waals surface area (Å²) in [6.45, 7) is 0. The Kier molecular flexibility index (Phi) is 12.8. The van der Waals surface area contributed by atoms with Crippen molar-refractivity contribution in [3.8, 4) is 67.5 Å². The van der Waals surface area contributed by atoms with Gasteiger partial charge >= 0.3 is 0 Å². The minimum absolute atomic E-state index is 0.529. The van der Waals surface area contributed by atoms with Crippen molar-refractivity contribution in [2.75, 3.05) is 0 Å². The molecule has 0 N–H and O–H groups in total. The van der Waals surface area contributed by atoms with Gasteiger partial charge in [0, 0.05) is 87.7 Å². The zero-order valence-corrected chi connectivity index (χ0v) is 54.7. The van der Waals surface area contributed by atoms with Gasteiger partial charge in [-0.15, -0.1) is 0 Å². The van der Waals surface area contributed by atoms with Crippen LogP contribution >= 0.6 is 0 Å². The fraction of sp³-hybridized carbons (Fsp3) is 0. The number of hydrogen-bond donors (Lipinski definition) is 0. The molecule has 22 rings (SSSR count). The van der Waals surface area contributed by atoms with Crippen molar-refractivity contribution >= 4 is 132 Å². The highest BCUT2D eigenvalue weighted by molar-refractivity contribution is 6.13. The minimum Gasteiger partial charge on any atom is -0.436 e. The van der Waals surface area contributed by atoms with Crippen molar-refractivity contribution in [3.05, 3.63) is 340 Å². The molecule has 0 spiro atoms. The number of furan rings is 2. The topological polar surface area (TPSA) is 97.6 Å². The van der Waals surface area contributed by atoms with E-state index >= 15 is 0 Å². The first kappa shape index (κ1) is 57.1. The normalized spacial score (nSPS) is 11.9. The molecule has 0 radical (unpaired) electrons. The lowest BCUT2D eigenvalue weighted by atomic mass is 10.0. The smallest absolute Gasteiger partial charge is 0.246 e. The van der Waals surface area contributed by atoms with Crippen LogP contribution in [0.1, 0.15) is 0 Å². The molecule has 0 fully saturated rings. The van der Waals surface area contributed by atoms with Gasteiger partial charge in [0.25, 0.3) is 0 Å². The van der Waals surface area contributed by atoms with Crippen LogP contribution in [0.25, 0.3) is 199 Å². The van der Waals surface area contributed by atoms with E-state index in [1.165, 1.54) is 87.2 Å². The van der Waals surface area contributed by atoms with Gasteiger partial charge in [-0.05, 0) is 144 Å². The maximum atomic E-state index is 6.32. The summed E-state index contributed by atoms with van der Waals surface area (Å²) < 4.78 is 21.9. The molecule has 14 aromatic carbocycles. The third kappa shape index (κ3) is 9.06. The number of hydrogen-bond acceptors (Lipinski definition) is 6. The van der Waals surface area contributed by atoms with Crippen LogP contribution in [-0.2, 0) is 0 Å². The van der Waals surface area contributed by atoms with Gasteiger partial charge in [-0.25, -0.2) is 19.9 Å². The van der Waals surface area contributed by atoms with E-state index in [9.17, 15) is 0 Å². The van der Waals surface area contributed by atoms with Gasteiger partial charge in [-0.1, -0.05) is 206 Å². The van der Waals surface area contributed by atoms with E-state index < -0.39 is 0 Å². The lowest BCUT2D eigenvalue weighted by Gasteiger charge is -2.10. The molecule has 476 valence electrons. The van der Waals surface area contributed by atoms with Gasteiger partial charge in [-0.2, -0.15) is 0 Å². The lowest BCUT2D eigenvalue weighted by Crippen LogP contribution is -1.95. The zero-order valence-electron chi connectivity index (χ0n) is 54.7. The molecular weight excluding hydrogens is 1250 g/mol. The molecule has 0 unspecified atom stereocenters. The number of rotatable bonds is 8. The molecule has 0 aliphatic heterocycles. The van der Waals surface area contributed by atoms with Crippen LogP contribution in [0.5, 0.6) is 0 Å². The Bertz CT molecular complexity index is 6750. The van der Waals surface area contributed by atoms with Crippen molar-refractivity contribution in [1.29, 1.82) is 0 Å². The number of fused-ring (bicyclic) bond motifs is 18. The third-order valence-electron chi connectivity index (χ3n) is 20.4. The summed E-state index contributed by atoms with van der Waals surface area (Å²) in [7, 11) is 0. The molecule has 8 aromatic heterocycles. The Balaban J connectivity index is 0.000000133. The molecule has 0 aliphatic rings. The third-order valence-corrected chi connectivity index (χ3v) is 20.4. The molecule has 8 heterocycles. The monoisotopic (exact) mass is 1300 g/mol. The van der Waals surface area contributed by atoms with E-state index in [4.69, 9.17) is 28.8 Å². The first-order chi connectivity index (χ1) is 50.6. The number of aromatic nitrogens is 8. The minimum atomic E-state index is 0.529. The van der Waals surface area contributed by atoms with Crippen LogP contribution in [0.4, 0.5) is 0 Å². The summed E-state index contributed by atoms with van der Waals surface area (Å²) in [6.07, 6.45) is 3.67. The van der Waals surface area contributed by atoms with Crippen LogP contribution in [0.15, 0.2) is 349 Å². The first-order valence-corrected chi connectivity index (χ1v) is 34.3. The highest BCUT2D eigenvalue weighted by Gasteiger charge is 2.21. The van der Waals surface area contributed by atoms with E-state index in [2.05, 4.69) is 334 Å². The molecule has 0 bridgehead atoms. The molecule has 10 heteroatoms. The van der Waals surface area contributed by atoms with E-state index in [1.54, 1.807) is 0 Å². The van der Waals surface area contributed by atoms with E-state index in [1.807, 2.05) is 24.5 Å². The van der Waals surface area contributed by atoms with Gasteiger partial charge in [-0.3, -0.25) is 0 Å². The number of para-hydroxylation sites is 8. The quantitative estimate of drug-likeness (QED) is 0.150. The molecule has 22 aromatic rings. The fourth-order valence-electron chi connectivity index (χ4n) is 15.8. The number of benzene rings is 14. The molecule has 0 atom stereocenters. The Morgan fingerprint density at radius 1 is 0.206 bits per heavy atom. The van der Waals surface area contributed by atoms with E-state index in [0.29, 0.717) is 11.4 Å². The Hall–Kier alpha value is -14.0. The summed E-state index contributed by atoms with van der Waals surface area (Å²) in [6, 6.07) is 116. The molecular formula is C92H56N8O2. The van der Waals surface area contributed by atoms with Gasteiger partial charge in [0.1, 0.15) is 22.2 Å². The lowest BCUT2D eigenvalue weighted by molar-refractivity contribution is 0.653. The summed E-state index contributed by atoms with van der Waals surface area (Å²) in [5, 5.41) is 11.8. The molecule has 0 amide bonds. The first-order valence-electron chi connectivity index (χ1n) is 34.3. The average Bonchev–Trinajstić information content (AvgIpc) is 1.61. The standard InChI is InChI=1S/2C46H28N4O/c1-5-19-40-34(15-1)35-16-2-6-20-41(35)49(40)32-13-9-11-29(25-32)30-23-24-44-38(27-30)45-46(51-44)47-28-39(48-45)31-12-10-14-33(26-31)50-42-21-7-3-17-36(42)37-18-4-8-22-43(37)50;1-5-19-40-34(15-1)35-16-2-6-20-41(35)49(40)32-13-9-11-29(25-32)30-23-24-44-38(27-30)45-46(51-44)48-39(28-47-45)31-12-10-14-33(26-31)50-42-21-7-3-17-36(42)37-18-4-8-22-43(37)50/h2*1-28H. The predicted molar refractivity (Wildman–Crippen MR) is 418 cm³/mol. The van der Waals surface area contributed by atoms with E-state index in [0.717, 1.165) is 100 Å². The summed E-state index contributed by atoms with van der Waals surface area (Å²) in [5.41, 5.74) is 25.9. The predicted octanol–water partition coefficient (Wildman–Crippen LogP) is 23.8. The molecule has 0 saturated carbocycles. The van der Waals surface area contributed by atoms with Crippen LogP contribution in [0, 0.1) is 0 Å². The summed E-state index contributed by atoms with van der Waals surface area (Å²) >= 11 is 0. The SMILES string of the molecule is c1cc(-c2ccc3oc4nc(-c5cccc(-n6c7ccccc7c7ccccc76)c5)cnc4c3c2)cc(-n2c3ccccc3c3ccccc32)c1.c1cc(-c2ccc3oc4ncc(-c5cccc(-n6c7ccccc7c7ccccc76)c5)nc4c3c2)cc(-n2c3ccccc3c3ccccc32)c1. The van der Waals surface area contributed by atoms with Crippen molar-refractivity contribution < 1.29 is 8.83 Å². The van der Waals surface area contributed by atoms with Crippen LogP contribution in [0.2, 0.25) is 0 Å². The van der Waals surface area contributed by atoms with Crippen molar-refractivity contribution in [1.82, 2.24) is 38.2 Å². The second-order valence-corrected chi connectivity index (χ2v) is 26.1. The Morgan fingerprint density at radius 3 is 0.853 bits per heavy atom. The molecule has 0 saturated heterocycles. The highest BCUT2D eigenvalue weighted by atomic mass is 16.3. The Labute approximate surface area is 582 Å². The highest BCUT2D eigenvalue weighted by Crippen LogP contribution is 2.41. The average molecular weight is 1310 g/mol. The van der Waals surface area contributed by atoms with Crippen molar-refractivity contribution in [3.63, 3.8) is 0 Å². The van der Waals surface area contributed by atoms with Gasteiger partial charge in [0.15, 0.2) is 0 Å². The fourth-order valence-corrected chi connectivity index (χ4v) is 15.8. The van der Waals surface area contributed by atoms with Crippen molar-refractivity contribution in [2.24, 2.45) is 0 Å². The van der Waals surface area contributed by atoms with E-state index in [-0.39, 0.29) is 0 Å². The largest absolute Gasteiger partial charge is 0.436 e. The number of nitrogens with zero attached hydrogens (tertiary/aromatic N) is 8. The summed E-state index contributed by atoms with van der Waals surface area (Å²) in [4.78, 5) is 19.9. The molecule has 0 aliphatic carbocycles. The maximum Gasteiger partial charge on any atom is 0.246 e. The zero-order chi connectivity index (χ0) is 66.9. The molecule has 10 nitrogen and oxygen atoms in total. The summed E-state index contributed by atoms with van der Waals surface area (Å²) in [5.74, 6) is 0. The van der Waals surface area contributed by atoms with Gasteiger partial charge < -0.3 is 27.1 Å². The second kappa shape index (κ2) is 22.8. The second-order valence-electron chi connectivity index (χ2n) is 26.1. The van der Waals surface area contributed by atoms with Crippen LogP contribution < -0.4 is 0 Å². The van der Waals surface area contributed by atoms with Gasteiger partial charge in [0.05, 0.1) is 67.9 Å². The Morgan fingerprint density at radius 2 is 0.490 bits per heavy atom. The van der Waals surface area contributed by atoms with Gasteiger partial charge in [0.2, 0.25) is 11.4 Å². The van der Waals surface area contributed by atoms with Crippen molar-refractivity contribution in [2.45, 2.75) is 0 Å². The molecule has 102 heavy (non-hydrogen) atoms. The maximum absolute atomic E-state index is 6.32.